The van der Waals surface area contributed by atoms with Crippen LogP contribution in [0.5, 0.6) is 0 Å². The highest BCUT2D eigenvalue weighted by molar-refractivity contribution is 6.18. The highest BCUT2D eigenvalue weighted by Gasteiger charge is 2.56. The van der Waals surface area contributed by atoms with Gasteiger partial charge in [0.25, 0.3) is 5.91 Å². The average Bonchev–Trinajstić information content (AvgIpc) is 3.12. The summed E-state index contributed by atoms with van der Waals surface area (Å²) < 4.78 is 5.64. The first-order valence-electron chi connectivity index (χ1n) is 8.44. The number of ketones is 1. The van der Waals surface area contributed by atoms with Gasteiger partial charge in [-0.05, 0) is 12.5 Å². The molecule has 2 heterocycles. The Morgan fingerprint density at radius 2 is 1.58 bits per heavy atom. The Balaban J connectivity index is 1.64. The summed E-state index contributed by atoms with van der Waals surface area (Å²) in [6.07, 6.45) is -0.936. The van der Waals surface area contributed by atoms with Crippen molar-refractivity contribution in [3.63, 3.8) is 0 Å². The Kier molecular flexibility index (Phi) is 3.92. The van der Waals surface area contributed by atoms with Gasteiger partial charge in [0, 0.05) is 5.56 Å². The van der Waals surface area contributed by atoms with Crippen LogP contribution in [0.25, 0.3) is 0 Å². The second-order valence-corrected chi connectivity index (χ2v) is 6.43. The summed E-state index contributed by atoms with van der Waals surface area (Å²) in [6, 6.07) is 18.0. The van der Waals surface area contributed by atoms with Gasteiger partial charge in [0.15, 0.2) is 11.9 Å². The first-order chi connectivity index (χ1) is 12.6. The van der Waals surface area contributed by atoms with E-state index in [-0.39, 0.29) is 29.7 Å². The maximum atomic E-state index is 12.9. The third kappa shape index (κ3) is 2.52. The summed E-state index contributed by atoms with van der Waals surface area (Å²) in [5.74, 6) is -1.54. The van der Waals surface area contributed by atoms with Gasteiger partial charge in [0.1, 0.15) is 11.7 Å². The Morgan fingerprint density at radius 1 is 0.962 bits per heavy atom. The highest BCUT2D eigenvalue weighted by atomic mass is 16.5. The van der Waals surface area contributed by atoms with Crippen molar-refractivity contribution in [2.75, 3.05) is 0 Å². The monoisotopic (exact) mass is 347 g/mol. The fraction of sp³-hybridized carbons (Fsp3) is 0.190. The van der Waals surface area contributed by atoms with Crippen molar-refractivity contribution in [2.45, 2.75) is 19.6 Å². The molecular weight excluding hydrogens is 330 g/mol. The molecule has 26 heavy (non-hydrogen) atoms. The summed E-state index contributed by atoms with van der Waals surface area (Å²) >= 11 is 0. The third-order valence-electron chi connectivity index (χ3n) is 4.80. The normalized spacial score (nSPS) is 21.8. The van der Waals surface area contributed by atoms with Crippen LogP contribution >= 0.6 is 0 Å². The number of allylic oxidation sites excluding steroid dienone is 1. The first kappa shape index (κ1) is 16.3. The molecule has 2 amide bonds. The molecule has 5 heteroatoms. The molecule has 130 valence electrons. The number of hydrogen-bond acceptors (Lipinski definition) is 4. The third-order valence-corrected chi connectivity index (χ3v) is 4.80. The standard InChI is InChI=1S/C21H17NO4/c1-13-16(18(23)15-10-6-3-7-11-15)17-19(26-13)21(25)22(20(17)24)12-14-8-4-2-5-9-14/h2-11,17,19H,12H2,1H3/t17-,19+/m1/s1. The number of fused-ring (bicyclic) bond motifs is 1. The Labute approximate surface area is 150 Å². The van der Waals surface area contributed by atoms with Gasteiger partial charge in [0.2, 0.25) is 5.91 Å². The molecule has 0 aliphatic carbocycles. The van der Waals surface area contributed by atoms with Crippen molar-refractivity contribution in [2.24, 2.45) is 5.92 Å². The number of benzene rings is 2. The summed E-state index contributed by atoms with van der Waals surface area (Å²) in [4.78, 5) is 39.7. The number of ether oxygens (including phenoxy) is 1. The number of nitrogens with zero attached hydrogens (tertiary/aromatic N) is 1. The molecule has 2 aromatic carbocycles. The number of hydrogen-bond donors (Lipinski definition) is 0. The lowest BCUT2D eigenvalue weighted by atomic mass is 9.90. The molecule has 2 aromatic rings. The van der Waals surface area contributed by atoms with Gasteiger partial charge >= 0.3 is 0 Å². The molecule has 1 saturated heterocycles. The summed E-state index contributed by atoms with van der Waals surface area (Å²) in [5, 5.41) is 0. The van der Waals surface area contributed by atoms with E-state index in [1.165, 1.54) is 4.90 Å². The topological polar surface area (TPSA) is 63.7 Å². The summed E-state index contributed by atoms with van der Waals surface area (Å²) in [6.45, 7) is 1.82. The molecule has 0 spiro atoms. The molecule has 1 fully saturated rings. The van der Waals surface area contributed by atoms with Crippen LogP contribution in [0.1, 0.15) is 22.8 Å². The highest BCUT2D eigenvalue weighted by Crippen LogP contribution is 2.40. The van der Waals surface area contributed by atoms with E-state index in [4.69, 9.17) is 4.74 Å². The lowest BCUT2D eigenvalue weighted by molar-refractivity contribution is -0.142. The average molecular weight is 347 g/mol. The van der Waals surface area contributed by atoms with Gasteiger partial charge in [-0.3, -0.25) is 19.3 Å². The fourth-order valence-corrected chi connectivity index (χ4v) is 3.54. The van der Waals surface area contributed by atoms with Crippen molar-refractivity contribution in [1.82, 2.24) is 4.90 Å². The van der Waals surface area contributed by atoms with Crippen molar-refractivity contribution >= 4 is 17.6 Å². The van der Waals surface area contributed by atoms with E-state index < -0.39 is 12.0 Å². The zero-order chi connectivity index (χ0) is 18.3. The molecule has 4 rings (SSSR count). The van der Waals surface area contributed by atoms with Crippen LogP contribution in [0, 0.1) is 5.92 Å². The number of Topliss-reactive ketones (excluding diaryl/α,β-unsaturated/α-hetero) is 1. The first-order valence-corrected chi connectivity index (χ1v) is 8.44. The Hall–Kier alpha value is -3.21. The van der Waals surface area contributed by atoms with Crippen molar-refractivity contribution in [1.29, 1.82) is 0 Å². The van der Waals surface area contributed by atoms with Crippen LogP contribution in [-0.2, 0) is 20.9 Å². The molecule has 2 atom stereocenters. The van der Waals surface area contributed by atoms with Crippen LogP contribution in [-0.4, -0.2) is 28.6 Å². The number of likely N-dealkylation sites (tertiary alicyclic amines) is 1. The van der Waals surface area contributed by atoms with E-state index in [2.05, 4.69) is 0 Å². The second-order valence-electron chi connectivity index (χ2n) is 6.43. The quantitative estimate of drug-likeness (QED) is 0.630. The van der Waals surface area contributed by atoms with E-state index in [1.54, 1.807) is 31.2 Å². The lowest BCUT2D eigenvalue weighted by Gasteiger charge is -2.16. The Bertz CT molecular complexity index is 918. The van der Waals surface area contributed by atoms with Crippen LogP contribution in [0.2, 0.25) is 0 Å². The van der Waals surface area contributed by atoms with Crippen molar-refractivity contribution in [3.05, 3.63) is 83.1 Å². The summed E-state index contributed by atoms with van der Waals surface area (Å²) in [7, 11) is 0. The minimum Gasteiger partial charge on any atom is -0.484 e. The van der Waals surface area contributed by atoms with Crippen LogP contribution in [0.4, 0.5) is 0 Å². The van der Waals surface area contributed by atoms with Gasteiger partial charge < -0.3 is 4.74 Å². The molecule has 5 nitrogen and oxygen atoms in total. The lowest BCUT2D eigenvalue weighted by Crippen LogP contribution is -2.32. The molecule has 0 N–H and O–H groups in total. The van der Waals surface area contributed by atoms with E-state index in [9.17, 15) is 14.4 Å². The number of carbonyl (C=O) groups is 3. The van der Waals surface area contributed by atoms with Crippen LogP contribution < -0.4 is 0 Å². The molecule has 2 aliphatic heterocycles. The van der Waals surface area contributed by atoms with Gasteiger partial charge in [-0.25, -0.2) is 0 Å². The number of rotatable bonds is 4. The maximum absolute atomic E-state index is 12.9. The van der Waals surface area contributed by atoms with E-state index in [0.717, 1.165) is 5.56 Å². The predicted octanol–water partition coefficient (Wildman–Crippen LogP) is 2.73. The zero-order valence-corrected chi connectivity index (χ0v) is 14.2. The largest absolute Gasteiger partial charge is 0.484 e. The molecule has 0 unspecified atom stereocenters. The minimum atomic E-state index is -0.936. The van der Waals surface area contributed by atoms with Gasteiger partial charge in [-0.1, -0.05) is 60.7 Å². The van der Waals surface area contributed by atoms with Crippen LogP contribution in [0.3, 0.4) is 0 Å². The van der Waals surface area contributed by atoms with Crippen molar-refractivity contribution in [3.8, 4) is 0 Å². The number of amides is 2. The smallest absolute Gasteiger partial charge is 0.271 e. The van der Waals surface area contributed by atoms with E-state index >= 15 is 0 Å². The Morgan fingerprint density at radius 3 is 2.23 bits per heavy atom. The minimum absolute atomic E-state index is 0.181. The number of imide groups is 1. The molecule has 0 saturated carbocycles. The zero-order valence-electron chi connectivity index (χ0n) is 14.2. The van der Waals surface area contributed by atoms with E-state index in [1.807, 2.05) is 36.4 Å². The van der Waals surface area contributed by atoms with Gasteiger partial charge in [-0.15, -0.1) is 0 Å². The fourth-order valence-electron chi connectivity index (χ4n) is 3.54. The van der Waals surface area contributed by atoms with Crippen molar-refractivity contribution < 1.29 is 19.1 Å². The predicted molar refractivity (Wildman–Crippen MR) is 93.8 cm³/mol. The summed E-state index contributed by atoms with van der Waals surface area (Å²) in [5.41, 5.74) is 1.62. The number of carbonyl (C=O) groups excluding carboxylic acids is 3. The maximum Gasteiger partial charge on any atom is 0.271 e. The SMILES string of the molecule is CC1=C(C(=O)c2ccccc2)[C@H]2C(=O)N(Cc3ccccc3)C(=O)[C@H]2O1. The molecule has 0 bridgehead atoms. The second kappa shape index (κ2) is 6.26. The molecule has 0 aromatic heterocycles. The van der Waals surface area contributed by atoms with Gasteiger partial charge in [0.05, 0.1) is 12.1 Å². The molecular formula is C21H17NO4. The van der Waals surface area contributed by atoms with Gasteiger partial charge in [-0.2, -0.15) is 0 Å². The van der Waals surface area contributed by atoms with E-state index in [0.29, 0.717) is 11.3 Å². The molecule has 2 aliphatic rings. The van der Waals surface area contributed by atoms with Crippen LogP contribution in [0.15, 0.2) is 72.0 Å². The molecule has 0 radical (unpaired) electrons.